The molecule has 0 amide bonds. The molecule has 0 unspecified atom stereocenters. The maximum absolute atomic E-state index is 11.9. The first-order valence-corrected chi connectivity index (χ1v) is 8.46. The van der Waals surface area contributed by atoms with Crippen molar-refractivity contribution in [1.82, 2.24) is 4.72 Å². The Bertz CT molecular complexity index is 532. The van der Waals surface area contributed by atoms with Gasteiger partial charge in [-0.2, -0.15) is 0 Å². The molecule has 0 bridgehead atoms. The first kappa shape index (κ1) is 13.6. The zero-order chi connectivity index (χ0) is 13.0. The fourth-order valence-electron chi connectivity index (χ4n) is 2.02. The molecule has 18 heavy (non-hydrogen) atoms. The summed E-state index contributed by atoms with van der Waals surface area (Å²) in [5.41, 5.74) is 7.40. The Balaban J connectivity index is 1.87. The SMILES string of the molecule is Nc1csc(S(=O)(=O)NCCC2=CCCCC2)c1. The third kappa shape index (κ3) is 3.57. The molecule has 2 rings (SSSR count). The van der Waals surface area contributed by atoms with Gasteiger partial charge in [0.15, 0.2) is 0 Å². The fraction of sp³-hybridized carbons (Fsp3) is 0.500. The van der Waals surface area contributed by atoms with Crippen molar-refractivity contribution in [3.05, 3.63) is 23.1 Å². The van der Waals surface area contributed by atoms with Crippen molar-refractivity contribution in [3.8, 4) is 0 Å². The lowest BCUT2D eigenvalue weighted by molar-refractivity contribution is 0.581. The molecule has 0 saturated carbocycles. The minimum absolute atomic E-state index is 0.289. The number of nitrogens with one attached hydrogen (secondary N) is 1. The summed E-state index contributed by atoms with van der Waals surface area (Å²) in [5, 5.41) is 1.64. The maximum atomic E-state index is 11.9. The van der Waals surface area contributed by atoms with Gasteiger partial charge in [-0.1, -0.05) is 11.6 Å². The fourth-order valence-corrected chi connectivity index (χ4v) is 4.18. The highest BCUT2D eigenvalue weighted by Gasteiger charge is 2.15. The smallest absolute Gasteiger partial charge is 0.250 e. The van der Waals surface area contributed by atoms with Crippen LogP contribution in [-0.4, -0.2) is 15.0 Å². The molecule has 0 radical (unpaired) electrons. The van der Waals surface area contributed by atoms with Crippen LogP contribution in [0.1, 0.15) is 32.1 Å². The van der Waals surface area contributed by atoms with E-state index in [1.807, 2.05) is 0 Å². The molecule has 4 nitrogen and oxygen atoms in total. The average molecular weight is 286 g/mol. The van der Waals surface area contributed by atoms with Crippen molar-refractivity contribution in [2.45, 2.75) is 36.3 Å². The molecule has 0 aromatic carbocycles. The van der Waals surface area contributed by atoms with Gasteiger partial charge < -0.3 is 5.73 Å². The summed E-state index contributed by atoms with van der Waals surface area (Å²) in [6.45, 7) is 0.464. The molecular weight excluding hydrogens is 268 g/mol. The van der Waals surface area contributed by atoms with Crippen molar-refractivity contribution in [3.63, 3.8) is 0 Å². The minimum atomic E-state index is -3.38. The predicted molar refractivity (Wildman–Crippen MR) is 75.1 cm³/mol. The molecule has 1 aromatic rings. The topological polar surface area (TPSA) is 72.2 Å². The zero-order valence-corrected chi connectivity index (χ0v) is 11.8. The minimum Gasteiger partial charge on any atom is -0.398 e. The predicted octanol–water partition coefficient (Wildman–Crippen LogP) is 2.50. The molecule has 100 valence electrons. The first-order valence-electron chi connectivity index (χ1n) is 6.09. The molecule has 0 fully saturated rings. The van der Waals surface area contributed by atoms with Crippen LogP contribution < -0.4 is 10.5 Å². The van der Waals surface area contributed by atoms with E-state index < -0.39 is 10.0 Å². The Kier molecular flexibility index (Phi) is 4.42. The highest BCUT2D eigenvalue weighted by atomic mass is 32.2. The molecule has 1 aliphatic rings. The number of nitrogen functional groups attached to an aromatic ring is 1. The van der Waals surface area contributed by atoms with Crippen LogP contribution in [0.25, 0.3) is 0 Å². The van der Waals surface area contributed by atoms with E-state index in [1.54, 1.807) is 5.38 Å². The van der Waals surface area contributed by atoms with Gasteiger partial charge in [-0.3, -0.25) is 0 Å². The van der Waals surface area contributed by atoms with Gasteiger partial charge in [0.2, 0.25) is 10.0 Å². The Hall–Kier alpha value is -0.850. The lowest BCUT2D eigenvalue weighted by Crippen LogP contribution is -2.24. The quantitative estimate of drug-likeness (QED) is 0.817. The highest BCUT2D eigenvalue weighted by molar-refractivity contribution is 7.91. The van der Waals surface area contributed by atoms with E-state index in [0.717, 1.165) is 30.6 Å². The molecule has 0 atom stereocenters. The van der Waals surface area contributed by atoms with Crippen molar-refractivity contribution in [1.29, 1.82) is 0 Å². The van der Waals surface area contributed by atoms with E-state index in [2.05, 4.69) is 10.8 Å². The van der Waals surface area contributed by atoms with Crippen molar-refractivity contribution < 1.29 is 8.42 Å². The summed E-state index contributed by atoms with van der Waals surface area (Å²) in [7, 11) is -3.38. The van der Waals surface area contributed by atoms with Gasteiger partial charge in [-0.25, -0.2) is 13.1 Å². The molecule has 3 N–H and O–H groups in total. The standard InChI is InChI=1S/C12H18N2O2S2/c13-11-8-12(17-9-11)18(15,16)14-7-6-10-4-2-1-3-5-10/h4,8-9,14H,1-3,5-7,13H2. The Morgan fingerprint density at radius 1 is 1.39 bits per heavy atom. The lowest BCUT2D eigenvalue weighted by atomic mass is 9.97. The Morgan fingerprint density at radius 3 is 2.83 bits per heavy atom. The van der Waals surface area contributed by atoms with Crippen LogP contribution in [0.2, 0.25) is 0 Å². The molecular formula is C12H18N2O2S2. The second-order valence-corrected chi connectivity index (χ2v) is 7.36. The molecule has 0 aliphatic heterocycles. The number of hydrogen-bond acceptors (Lipinski definition) is 4. The average Bonchev–Trinajstić information content (AvgIpc) is 2.78. The van der Waals surface area contributed by atoms with E-state index in [0.29, 0.717) is 12.2 Å². The van der Waals surface area contributed by atoms with Gasteiger partial charge in [0.25, 0.3) is 0 Å². The van der Waals surface area contributed by atoms with Crippen LogP contribution in [0.3, 0.4) is 0 Å². The van der Waals surface area contributed by atoms with E-state index in [9.17, 15) is 8.42 Å². The number of anilines is 1. The second-order valence-electron chi connectivity index (χ2n) is 4.46. The molecule has 6 heteroatoms. The third-order valence-electron chi connectivity index (χ3n) is 2.98. The summed E-state index contributed by atoms with van der Waals surface area (Å²) in [5.74, 6) is 0. The van der Waals surface area contributed by atoms with E-state index in [4.69, 9.17) is 5.73 Å². The summed E-state index contributed by atoms with van der Waals surface area (Å²) in [4.78, 5) is 0. The normalized spacial score (nSPS) is 16.6. The monoisotopic (exact) mass is 286 g/mol. The number of hydrogen-bond donors (Lipinski definition) is 2. The van der Waals surface area contributed by atoms with Gasteiger partial charge in [0, 0.05) is 17.6 Å². The lowest BCUT2D eigenvalue weighted by Gasteiger charge is -2.12. The van der Waals surface area contributed by atoms with Gasteiger partial charge in [-0.05, 0) is 38.2 Å². The Labute approximate surface area is 112 Å². The first-order chi connectivity index (χ1) is 8.58. The summed E-state index contributed by atoms with van der Waals surface area (Å²) >= 11 is 1.15. The van der Waals surface area contributed by atoms with Crippen molar-refractivity contribution in [2.75, 3.05) is 12.3 Å². The van der Waals surface area contributed by atoms with Crippen LogP contribution in [0.5, 0.6) is 0 Å². The summed E-state index contributed by atoms with van der Waals surface area (Å²) in [6, 6.07) is 1.49. The van der Waals surface area contributed by atoms with Gasteiger partial charge >= 0.3 is 0 Å². The highest BCUT2D eigenvalue weighted by Crippen LogP contribution is 2.22. The van der Waals surface area contributed by atoms with Crippen LogP contribution >= 0.6 is 11.3 Å². The van der Waals surface area contributed by atoms with E-state index in [1.165, 1.54) is 24.5 Å². The summed E-state index contributed by atoms with van der Waals surface area (Å²) < 4.78 is 26.7. The number of nitrogens with two attached hydrogens (primary N) is 1. The molecule has 1 aromatic heterocycles. The number of allylic oxidation sites excluding steroid dienone is 1. The van der Waals surface area contributed by atoms with Crippen molar-refractivity contribution >= 4 is 27.0 Å². The summed E-state index contributed by atoms with van der Waals surface area (Å²) in [6.07, 6.45) is 7.75. The number of thiophene rings is 1. The number of rotatable bonds is 5. The van der Waals surface area contributed by atoms with E-state index in [-0.39, 0.29) is 4.21 Å². The van der Waals surface area contributed by atoms with Crippen LogP contribution in [-0.2, 0) is 10.0 Å². The van der Waals surface area contributed by atoms with Crippen LogP contribution in [0.4, 0.5) is 5.69 Å². The van der Waals surface area contributed by atoms with Gasteiger partial charge in [0.1, 0.15) is 4.21 Å². The number of sulfonamides is 1. The molecule has 1 aliphatic carbocycles. The second kappa shape index (κ2) is 5.86. The maximum Gasteiger partial charge on any atom is 0.250 e. The Morgan fingerprint density at radius 2 is 2.22 bits per heavy atom. The zero-order valence-electron chi connectivity index (χ0n) is 10.2. The molecule has 1 heterocycles. The largest absolute Gasteiger partial charge is 0.398 e. The van der Waals surface area contributed by atoms with E-state index >= 15 is 0 Å². The van der Waals surface area contributed by atoms with Crippen LogP contribution in [0.15, 0.2) is 27.3 Å². The third-order valence-corrected chi connectivity index (χ3v) is 5.90. The molecule has 0 saturated heterocycles. The van der Waals surface area contributed by atoms with Crippen LogP contribution in [0, 0.1) is 0 Å². The van der Waals surface area contributed by atoms with Crippen molar-refractivity contribution in [2.24, 2.45) is 0 Å². The molecule has 0 spiro atoms. The van der Waals surface area contributed by atoms with Gasteiger partial charge in [-0.15, -0.1) is 11.3 Å². The van der Waals surface area contributed by atoms with Gasteiger partial charge in [0.05, 0.1) is 0 Å².